The van der Waals surface area contributed by atoms with E-state index in [1.54, 1.807) is 11.8 Å². The Morgan fingerprint density at radius 1 is 0.944 bits per heavy atom. The predicted octanol–water partition coefficient (Wildman–Crippen LogP) is 3.73. The van der Waals surface area contributed by atoms with Gasteiger partial charge in [0.1, 0.15) is 0 Å². The van der Waals surface area contributed by atoms with Crippen molar-refractivity contribution in [3.05, 3.63) is 65.2 Å². The molecule has 0 heterocycles. The SMILES string of the molecule is CSc1ccc(C(N)c2ccc(F)c(F)c2)cc1. The van der Waals surface area contributed by atoms with Crippen LogP contribution in [-0.2, 0) is 0 Å². The molecular formula is C14H13F2NS. The summed E-state index contributed by atoms with van der Waals surface area (Å²) < 4.78 is 26.0. The maximum atomic E-state index is 13.1. The van der Waals surface area contributed by atoms with E-state index in [-0.39, 0.29) is 0 Å². The number of hydrogen-bond donors (Lipinski definition) is 1. The van der Waals surface area contributed by atoms with Crippen molar-refractivity contribution in [2.75, 3.05) is 6.26 Å². The lowest BCUT2D eigenvalue weighted by molar-refractivity contribution is 0.506. The molecule has 0 fully saturated rings. The molecule has 1 nitrogen and oxygen atoms in total. The van der Waals surface area contributed by atoms with Gasteiger partial charge in [0.05, 0.1) is 6.04 Å². The van der Waals surface area contributed by atoms with Gasteiger partial charge < -0.3 is 5.73 Å². The number of benzene rings is 2. The van der Waals surface area contributed by atoms with Crippen molar-refractivity contribution in [3.8, 4) is 0 Å². The quantitative estimate of drug-likeness (QED) is 0.856. The highest BCUT2D eigenvalue weighted by atomic mass is 32.2. The summed E-state index contributed by atoms with van der Waals surface area (Å²) in [5.74, 6) is -1.73. The Kier molecular flexibility index (Phi) is 3.99. The van der Waals surface area contributed by atoms with E-state index < -0.39 is 17.7 Å². The fourth-order valence-electron chi connectivity index (χ4n) is 1.71. The summed E-state index contributed by atoms with van der Waals surface area (Å²) in [6, 6.07) is 11.0. The first kappa shape index (κ1) is 13.1. The van der Waals surface area contributed by atoms with Gasteiger partial charge in [0.25, 0.3) is 0 Å². The molecule has 0 aliphatic carbocycles. The molecule has 0 bridgehead atoms. The summed E-state index contributed by atoms with van der Waals surface area (Å²) in [5.41, 5.74) is 7.47. The Bertz CT molecular complexity index is 540. The molecule has 1 unspecified atom stereocenters. The van der Waals surface area contributed by atoms with Crippen molar-refractivity contribution >= 4 is 11.8 Å². The van der Waals surface area contributed by atoms with Crippen molar-refractivity contribution in [1.82, 2.24) is 0 Å². The average Bonchev–Trinajstić information content (AvgIpc) is 2.41. The van der Waals surface area contributed by atoms with Gasteiger partial charge in [-0.25, -0.2) is 8.78 Å². The van der Waals surface area contributed by atoms with E-state index in [4.69, 9.17) is 5.73 Å². The number of rotatable bonds is 3. The van der Waals surface area contributed by atoms with Crippen LogP contribution in [0.2, 0.25) is 0 Å². The number of thioether (sulfide) groups is 1. The zero-order valence-corrected chi connectivity index (χ0v) is 10.7. The number of hydrogen-bond acceptors (Lipinski definition) is 2. The molecule has 2 aromatic rings. The molecule has 94 valence electrons. The number of nitrogens with two attached hydrogens (primary N) is 1. The van der Waals surface area contributed by atoms with E-state index in [0.29, 0.717) is 5.56 Å². The fraction of sp³-hybridized carbons (Fsp3) is 0.143. The van der Waals surface area contributed by atoms with Crippen LogP contribution >= 0.6 is 11.8 Å². The van der Waals surface area contributed by atoms with Gasteiger partial charge >= 0.3 is 0 Å². The molecule has 2 aromatic carbocycles. The van der Waals surface area contributed by atoms with E-state index in [2.05, 4.69) is 0 Å². The Morgan fingerprint density at radius 2 is 1.56 bits per heavy atom. The van der Waals surface area contributed by atoms with E-state index in [1.807, 2.05) is 30.5 Å². The second kappa shape index (κ2) is 5.50. The molecule has 4 heteroatoms. The molecule has 0 saturated carbocycles. The summed E-state index contributed by atoms with van der Waals surface area (Å²) >= 11 is 1.64. The molecule has 0 radical (unpaired) electrons. The molecule has 0 saturated heterocycles. The first-order valence-corrected chi connectivity index (χ1v) is 6.69. The van der Waals surface area contributed by atoms with E-state index in [1.165, 1.54) is 6.07 Å². The molecule has 0 spiro atoms. The van der Waals surface area contributed by atoms with Crippen LogP contribution in [-0.4, -0.2) is 6.26 Å². The lowest BCUT2D eigenvalue weighted by Crippen LogP contribution is -2.12. The highest BCUT2D eigenvalue weighted by molar-refractivity contribution is 7.98. The summed E-state index contributed by atoms with van der Waals surface area (Å²) in [5, 5.41) is 0. The molecule has 1 atom stereocenters. The third kappa shape index (κ3) is 2.71. The maximum Gasteiger partial charge on any atom is 0.159 e. The van der Waals surface area contributed by atoms with Crippen LogP contribution in [0.3, 0.4) is 0 Å². The second-order valence-electron chi connectivity index (χ2n) is 3.92. The Labute approximate surface area is 109 Å². The van der Waals surface area contributed by atoms with Crippen LogP contribution in [0.1, 0.15) is 17.2 Å². The van der Waals surface area contributed by atoms with E-state index in [9.17, 15) is 8.78 Å². The van der Waals surface area contributed by atoms with Crippen LogP contribution in [0.5, 0.6) is 0 Å². The summed E-state index contributed by atoms with van der Waals surface area (Å²) in [7, 11) is 0. The molecule has 0 aliphatic heterocycles. The van der Waals surface area contributed by atoms with E-state index >= 15 is 0 Å². The molecular weight excluding hydrogens is 252 g/mol. The van der Waals surface area contributed by atoms with Crippen molar-refractivity contribution < 1.29 is 8.78 Å². The highest BCUT2D eigenvalue weighted by Crippen LogP contribution is 2.23. The minimum atomic E-state index is -0.872. The van der Waals surface area contributed by atoms with Crippen LogP contribution in [0, 0.1) is 11.6 Å². The zero-order chi connectivity index (χ0) is 13.1. The van der Waals surface area contributed by atoms with Crippen LogP contribution in [0.4, 0.5) is 8.78 Å². The fourth-order valence-corrected chi connectivity index (χ4v) is 2.12. The molecule has 0 aliphatic rings. The van der Waals surface area contributed by atoms with Crippen molar-refractivity contribution in [2.24, 2.45) is 5.73 Å². The Hall–Kier alpha value is -1.39. The van der Waals surface area contributed by atoms with Gasteiger partial charge in [-0.15, -0.1) is 11.8 Å². The van der Waals surface area contributed by atoms with Gasteiger partial charge in [-0.2, -0.15) is 0 Å². The van der Waals surface area contributed by atoms with Gasteiger partial charge in [-0.3, -0.25) is 0 Å². The maximum absolute atomic E-state index is 13.1. The molecule has 2 rings (SSSR count). The van der Waals surface area contributed by atoms with Crippen molar-refractivity contribution in [1.29, 1.82) is 0 Å². The Balaban J connectivity index is 2.28. The summed E-state index contributed by atoms with van der Waals surface area (Å²) in [6.07, 6.45) is 1.99. The second-order valence-corrected chi connectivity index (χ2v) is 4.80. The average molecular weight is 265 g/mol. The monoisotopic (exact) mass is 265 g/mol. The topological polar surface area (TPSA) is 26.0 Å². The van der Waals surface area contributed by atoms with Crippen molar-refractivity contribution in [2.45, 2.75) is 10.9 Å². The van der Waals surface area contributed by atoms with Crippen LogP contribution < -0.4 is 5.73 Å². The summed E-state index contributed by atoms with van der Waals surface area (Å²) in [4.78, 5) is 1.14. The predicted molar refractivity (Wildman–Crippen MR) is 70.6 cm³/mol. The summed E-state index contributed by atoms with van der Waals surface area (Å²) in [6.45, 7) is 0. The smallest absolute Gasteiger partial charge is 0.159 e. The van der Waals surface area contributed by atoms with Gasteiger partial charge in [0.15, 0.2) is 11.6 Å². The van der Waals surface area contributed by atoms with Crippen LogP contribution in [0.25, 0.3) is 0 Å². The Morgan fingerprint density at radius 3 is 2.11 bits per heavy atom. The first-order chi connectivity index (χ1) is 8.61. The van der Waals surface area contributed by atoms with Gasteiger partial charge in [-0.1, -0.05) is 18.2 Å². The highest BCUT2D eigenvalue weighted by Gasteiger charge is 2.11. The molecule has 0 amide bonds. The van der Waals surface area contributed by atoms with E-state index in [0.717, 1.165) is 22.6 Å². The first-order valence-electron chi connectivity index (χ1n) is 5.46. The molecule has 2 N–H and O–H groups in total. The largest absolute Gasteiger partial charge is 0.320 e. The number of halogens is 2. The van der Waals surface area contributed by atoms with Gasteiger partial charge in [0.2, 0.25) is 0 Å². The molecule has 18 heavy (non-hydrogen) atoms. The third-order valence-corrected chi connectivity index (χ3v) is 3.52. The standard InChI is InChI=1S/C14H13F2NS/c1-18-11-5-2-9(3-6-11)14(17)10-4-7-12(15)13(16)8-10/h2-8,14H,17H2,1H3. The van der Waals surface area contributed by atoms with Crippen molar-refractivity contribution in [3.63, 3.8) is 0 Å². The lowest BCUT2D eigenvalue weighted by atomic mass is 9.99. The van der Waals surface area contributed by atoms with Gasteiger partial charge in [0, 0.05) is 4.90 Å². The van der Waals surface area contributed by atoms with Crippen LogP contribution in [0.15, 0.2) is 47.4 Å². The minimum absolute atomic E-state index is 0.448. The lowest BCUT2D eigenvalue weighted by Gasteiger charge is -2.13. The normalized spacial score (nSPS) is 12.4. The third-order valence-electron chi connectivity index (χ3n) is 2.78. The molecule has 0 aromatic heterocycles. The minimum Gasteiger partial charge on any atom is -0.320 e. The zero-order valence-electron chi connectivity index (χ0n) is 9.86. The van der Waals surface area contributed by atoms with Gasteiger partial charge in [-0.05, 0) is 41.6 Å².